The topological polar surface area (TPSA) is 94.4 Å². The second kappa shape index (κ2) is 9.22. The van der Waals surface area contributed by atoms with Crippen LogP contribution in [0, 0.1) is 5.92 Å². The molecule has 29 heavy (non-hydrogen) atoms. The Morgan fingerprint density at radius 3 is 2.79 bits per heavy atom. The van der Waals surface area contributed by atoms with Crippen molar-refractivity contribution in [3.8, 4) is 11.5 Å². The van der Waals surface area contributed by atoms with Crippen LogP contribution < -0.4 is 4.74 Å². The van der Waals surface area contributed by atoms with Gasteiger partial charge in [-0.2, -0.15) is 0 Å². The number of rotatable bonds is 7. The number of hydrogen-bond acceptors (Lipinski definition) is 7. The minimum atomic E-state index is -0.716. The molecule has 1 aromatic carbocycles. The molecule has 0 bridgehead atoms. The highest BCUT2D eigenvalue weighted by atomic mass is 16.6. The highest BCUT2D eigenvalue weighted by Crippen LogP contribution is 2.45. The van der Waals surface area contributed by atoms with E-state index in [4.69, 9.17) is 14.2 Å². The van der Waals surface area contributed by atoms with Crippen molar-refractivity contribution in [2.45, 2.75) is 39.0 Å². The Morgan fingerprint density at radius 1 is 1.28 bits per heavy atom. The van der Waals surface area contributed by atoms with E-state index in [0.29, 0.717) is 42.9 Å². The fourth-order valence-corrected chi connectivity index (χ4v) is 3.99. The van der Waals surface area contributed by atoms with E-state index in [1.807, 2.05) is 6.92 Å². The van der Waals surface area contributed by atoms with Gasteiger partial charge in [0.1, 0.15) is 12.5 Å². The number of Topliss-reactive ketones (excluding diaryl/α,β-unsaturated/α-hetero) is 1. The minimum absolute atomic E-state index is 0.00235. The molecule has 0 fully saturated rings. The van der Waals surface area contributed by atoms with Crippen LogP contribution in [0.2, 0.25) is 0 Å². The first-order valence-electron chi connectivity index (χ1n) is 9.90. The third-order valence-electron chi connectivity index (χ3n) is 5.33. The number of aromatic hydroxyl groups is 1. The SMILES string of the molecule is CCOCCOC(=O)C1C(C)=NC2=C(C(=O)CCC2)[C@@H]1c1ccc(O)c(OC)c1. The van der Waals surface area contributed by atoms with Gasteiger partial charge in [0.25, 0.3) is 0 Å². The fourth-order valence-electron chi connectivity index (χ4n) is 3.99. The molecule has 1 aromatic rings. The highest BCUT2D eigenvalue weighted by molar-refractivity contribution is 6.08. The van der Waals surface area contributed by atoms with Crippen molar-refractivity contribution in [2.75, 3.05) is 26.9 Å². The van der Waals surface area contributed by atoms with Crippen molar-refractivity contribution in [1.82, 2.24) is 0 Å². The summed E-state index contributed by atoms with van der Waals surface area (Å²) >= 11 is 0. The van der Waals surface area contributed by atoms with Crippen LogP contribution in [-0.2, 0) is 19.1 Å². The number of phenols is 1. The predicted molar refractivity (Wildman–Crippen MR) is 107 cm³/mol. The third-order valence-corrected chi connectivity index (χ3v) is 5.33. The van der Waals surface area contributed by atoms with E-state index in [-0.39, 0.29) is 23.9 Å². The number of carbonyl (C=O) groups is 2. The van der Waals surface area contributed by atoms with Crippen LogP contribution in [0.1, 0.15) is 44.6 Å². The smallest absolute Gasteiger partial charge is 0.315 e. The summed E-state index contributed by atoms with van der Waals surface area (Å²) in [6.45, 7) is 4.67. The van der Waals surface area contributed by atoms with Crippen molar-refractivity contribution < 1.29 is 28.9 Å². The van der Waals surface area contributed by atoms with Gasteiger partial charge in [0.05, 0.1) is 13.7 Å². The lowest BCUT2D eigenvalue weighted by Crippen LogP contribution is -2.37. The standard InChI is InChI=1S/C22H27NO6/c1-4-28-10-11-29-22(26)19-13(2)23-15-6-5-7-17(25)21(15)20(19)14-8-9-16(24)18(12-14)27-3/h8-9,12,19-20,24H,4-7,10-11H2,1-3H3/t19?,20-/m1/s1. The number of nitrogens with zero attached hydrogens (tertiary/aromatic N) is 1. The Hall–Kier alpha value is -2.67. The molecular formula is C22H27NO6. The quantitative estimate of drug-likeness (QED) is 0.557. The minimum Gasteiger partial charge on any atom is -0.504 e. The van der Waals surface area contributed by atoms with Crippen LogP contribution in [0.25, 0.3) is 0 Å². The Balaban J connectivity index is 2.02. The molecule has 0 radical (unpaired) electrons. The summed E-state index contributed by atoms with van der Waals surface area (Å²) in [5, 5.41) is 9.98. The van der Waals surface area contributed by atoms with Crippen molar-refractivity contribution >= 4 is 17.5 Å². The monoisotopic (exact) mass is 401 g/mol. The average molecular weight is 401 g/mol. The second-order valence-corrected chi connectivity index (χ2v) is 7.14. The molecule has 0 saturated carbocycles. The zero-order valence-corrected chi connectivity index (χ0v) is 17.1. The van der Waals surface area contributed by atoms with Gasteiger partial charge in [-0.15, -0.1) is 0 Å². The number of allylic oxidation sites excluding steroid dienone is 2. The molecule has 1 aliphatic heterocycles. The summed E-state index contributed by atoms with van der Waals surface area (Å²) in [4.78, 5) is 30.4. The van der Waals surface area contributed by atoms with Crippen LogP contribution in [-0.4, -0.2) is 49.5 Å². The van der Waals surface area contributed by atoms with Crippen LogP contribution in [0.3, 0.4) is 0 Å². The van der Waals surface area contributed by atoms with E-state index in [9.17, 15) is 14.7 Å². The van der Waals surface area contributed by atoms with E-state index in [1.54, 1.807) is 19.1 Å². The molecule has 0 aromatic heterocycles. The highest BCUT2D eigenvalue weighted by Gasteiger charge is 2.43. The largest absolute Gasteiger partial charge is 0.504 e. The Labute approximate surface area is 170 Å². The Kier molecular flexibility index (Phi) is 6.69. The maximum absolute atomic E-state index is 13.0. The molecule has 0 saturated heterocycles. The molecule has 1 unspecified atom stereocenters. The van der Waals surface area contributed by atoms with Crippen LogP contribution in [0.15, 0.2) is 34.5 Å². The number of ether oxygens (including phenoxy) is 3. The number of ketones is 1. The molecule has 156 valence electrons. The van der Waals surface area contributed by atoms with Crippen LogP contribution in [0.5, 0.6) is 11.5 Å². The first kappa shape index (κ1) is 21.0. The summed E-state index contributed by atoms with van der Waals surface area (Å²) < 4.78 is 15.9. The number of hydrogen-bond donors (Lipinski definition) is 1. The molecule has 1 N–H and O–H groups in total. The third kappa shape index (κ3) is 4.34. The molecule has 0 amide bonds. The first-order chi connectivity index (χ1) is 14.0. The van der Waals surface area contributed by atoms with E-state index in [0.717, 1.165) is 12.1 Å². The fraction of sp³-hybridized carbons (Fsp3) is 0.500. The molecule has 1 heterocycles. The van der Waals surface area contributed by atoms with E-state index < -0.39 is 17.8 Å². The van der Waals surface area contributed by atoms with Gasteiger partial charge in [0.15, 0.2) is 17.3 Å². The Bertz CT molecular complexity index is 857. The second-order valence-electron chi connectivity index (χ2n) is 7.14. The number of benzene rings is 1. The first-order valence-corrected chi connectivity index (χ1v) is 9.90. The van der Waals surface area contributed by atoms with E-state index >= 15 is 0 Å². The summed E-state index contributed by atoms with van der Waals surface area (Å²) in [5.41, 5.74) is 2.65. The van der Waals surface area contributed by atoms with Crippen LogP contribution in [0.4, 0.5) is 0 Å². The van der Waals surface area contributed by atoms with E-state index in [2.05, 4.69) is 4.99 Å². The van der Waals surface area contributed by atoms with Gasteiger partial charge in [0, 0.05) is 35.9 Å². The van der Waals surface area contributed by atoms with E-state index in [1.165, 1.54) is 13.2 Å². The lowest BCUT2D eigenvalue weighted by molar-refractivity contribution is -0.148. The van der Waals surface area contributed by atoms with Gasteiger partial charge < -0.3 is 19.3 Å². The number of aliphatic imine (C=N–C) groups is 1. The maximum atomic E-state index is 13.0. The van der Waals surface area contributed by atoms with Crippen LogP contribution >= 0.6 is 0 Å². The lowest BCUT2D eigenvalue weighted by Gasteiger charge is -2.34. The van der Waals surface area contributed by atoms with Gasteiger partial charge in [-0.1, -0.05) is 6.07 Å². The summed E-state index contributed by atoms with van der Waals surface area (Å²) in [5.74, 6) is -1.38. The molecule has 3 rings (SSSR count). The van der Waals surface area contributed by atoms with Gasteiger partial charge in [-0.25, -0.2) is 0 Å². The number of methoxy groups -OCH3 is 1. The predicted octanol–water partition coefficient (Wildman–Crippen LogP) is 3.16. The summed E-state index contributed by atoms with van der Waals surface area (Å²) in [6, 6.07) is 4.90. The van der Waals surface area contributed by atoms with Crippen molar-refractivity contribution in [3.63, 3.8) is 0 Å². The Morgan fingerprint density at radius 2 is 2.07 bits per heavy atom. The molecule has 7 nitrogen and oxygen atoms in total. The number of esters is 1. The normalized spacial score (nSPS) is 21.5. The average Bonchev–Trinajstić information content (AvgIpc) is 2.70. The zero-order valence-electron chi connectivity index (χ0n) is 17.1. The van der Waals surface area contributed by atoms with Gasteiger partial charge in [-0.3, -0.25) is 14.6 Å². The zero-order chi connectivity index (χ0) is 21.0. The maximum Gasteiger partial charge on any atom is 0.315 e. The molecule has 2 atom stereocenters. The molecule has 0 spiro atoms. The molecule has 1 aliphatic carbocycles. The van der Waals surface area contributed by atoms with Crippen molar-refractivity contribution in [3.05, 3.63) is 35.0 Å². The number of phenolic OH excluding ortho intramolecular Hbond substituents is 1. The van der Waals surface area contributed by atoms with Gasteiger partial charge in [0.2, 0.25) is 0 Å². The number of carbonyl (C=O) groups excluding carboxylic acids is 2. The van der Waals surface area contributed by atoms with Gasteiger partial charge >= 0.3 is 5.97 Å². The summed E-state index contributed by atoms with van der Waals surface area (Å²) in [7, 11) is 1.46. The summed E-state index contributed by atoms with van der Waals surface area (Å²) in [6.07, 6.45) is 1.89. The molecule has 2 aliphatic rings. The van der Waals surface area contributed by atoms with Gasteiger partial charge in [-0.05, 0) is 44.4 Å². The molecular weight excluding hydrogens is 374 g/mol. The lowest BCUT2D eigenvalue weighted by atomic mass is 9.71. The molecule has 7 heteroatoms. The van der Waals surface area contributed by atoms with Crippen molar-refractivity contribution in [1.29, 1.82) is 0 Å². The van der Waals surface area contributed by atoms with Crippen molar-refractivity contribution in [2.24, 2.45) is 10.9 Å².